The fourth-order valence-electron chi connectivity index (χ4n) is 2.96. The summed E-state index contributed by atoms with van der Waals surface area (Å²) in [6, 6.07) is 12.8. The van der Waals surface area contributed by atoms with E-state index in [0.29, 0.717) is 0 Å². The molecule has 122 valence electrons. The van der Waals surface area contributed by atoms with Crippen molar-refractivity contribution in [3.05, 3.63) is 46.8 Å². The van der Waals surface area contributed by atoms with Crippen LogP contribution in [-0.2, 0) is 6.42 Å². The van der Waals surface area contributed by atoms with Crippen molar-refractivity contribution >= 4 is 11.3 Å². The zero-order chi connectivity index (χ0) is 16.3. The zero-order valence-electron chi connectivity index (χ0n) is 14.2. The first-order chi connectivity index (χ1) is 11.3. The Balaban J connectivity index is 1.82. The highest BCUT2D eigenvalue weighted by Gasteiger charge is 2.06. The fourth-order valence-corrected chi connectivity index (χ4v) is 3.68. The number of nitrogens with zero attached hydrogens (tertiary/aromatic N) is 1. The van der Waals surface area contributed by atoms with Crippen molar-refractivity contribution in [3.8, 4) is 16.5 Å². The Kier molecular flexibility index (Phi) is 7.90. The molecule has 0 saturated carbocycles. The standard InChI is InChI=1S/C21H27NS/c1-2-3-4-5-6-7-8-9-11-18-16-19(13-14-20(18)17-22)21-12-10-15-23-21/h10,12-16H,2-9,11H2,1H3. The normalized spacial score (nSPS) is 10.6. The molecule has 0 aliphatic carbocycles. The van der Waals surface area contributed by atoms with Crippen molar-refractivity contribution in [2.24, 2.45) is 0 Å². The van der Waals surface area contributed by atoms with Gasteiger partial charge in [-0.25, -0.2) is 0 Å². The van der Waals surface area contributed by atoms with E-state index in [4.69, 9.17) is 0 Å². The van der Waals surface area contributed by atoms with Crippen LogP contribution in [0.5, 0.6) is 0 Å². The molecule has 2 aromatic rings. The molecule has 2 rings (SSSR count). The molecule has 0 N–H and O–H groups in total. The van der Waals surface area contributed by atoms with Crippen LogP contribution in [0.25, 0.3) is 10.4 Å². The molecule has 1 aromatic carbocycles. The lowest BCUT2D eigenvalue weighted by Gasteiger charge is -2.07. The van der Waals surface area contributed by atoms with E-state index in [2.05, 4.69) is 42.6 Å². The summed E-state index contributed by atoms with van der Waals surface area (Å²) in [7, 11) is 0. The molecule has 1 aromatic heterocycles. The second-order valence-corrected chi connectivity index (χ2v) is 7.13. The molecule has 0 saturated heterocycles. The number of unbranched alkanes of at least 4 members (excludes halogenated alkanes) is 7. The van der Waals surface area contributed by atoms with Crippen LogP contribution in [0, 0.1) is 11.3 Å². The van der Waals surface area contributed by atoms with Crippen molar-refractivity contribution in [2.45, 2.75) is 64.7 Å². The monoisotopic (exact) mass is 325 g/mol. The Bertz CT molecular complexity index is 607. The van der Waals surface area contributed by atoms with Crippen molar-refractivity contribution < 1.29 is 0 Å². The van der Waals surface area contributed by atoms with Crippen molar-refractivity contribution in [1.29, 1.82) is 5.26 Å². The topological polar surface area (TPSA) is 23.8 Å². The highest BCUT2D eigenvalue weighted by Crippen LogP contribution is 2.27. The first-order valence-electron chi connectivity index (χ1n) is 8.92. The lowest BCUT2D eigenvalue weighted by Crippen LogP contribution is -1.92. The fraction of sp³-hybridized carbons (Fsp3) is 0.476. The first-order valence-corrected chi connectivity index (χ1v) is 9.80. The maximum absolute atomic E-state index is 9.32. The van der Waals surface area contributed by atoms with Gasteiger partial charge in [0.05, 0.1) is 11.6 Å². The summed E-state index contributed by atoms with van der Waals surface area (Å²) in [5, 5.41) is 11.4. The second-order valence-electron chi connectivity index (χ2n) is 6.19. The van der Waals surface area contributed by atoms with Crippen LogP contribution < -0.4 is 0 Å². The molecule has 1 nitrogen and oxygen atoms in total. The Labute approximate surface area is 145 Å². The van der Waals surface area contributed by atoms with Gasteiger partial charge in [0, 0.05) is 4.88 Å². The van der Waals surface area contributed by atoms with Crippen LogP contribution in [0.3, 0.4) is 0 Å². The van der Waals surface area contributed by atoms with Gasteiger partial charge in [0.2, 0.25) is 0 Å². The van der Waals surface area contributed by atoms with E-state index in [0.717, 1.165) is 12.0 Å². The minimum absolute atomic E-state index is 0.841. The highest BCUT2D eigenvalue weighted by molar-refractivity contribution is 7.13. The molecule has 0 aliphatic heterocycles. The van der Waals surface area contributed by atoms with Crippen LogP contribution in [0.2, 0.25) is 0 Å². The Morgan fingerprint density at radius 3 is 2.35 bits per heavy atom. The zero-order valence-corrected chi connectivity index (χ0v) is 15.0. The summed E-state index contributed by atoms with van der Waals surface area (Å²) in [5.41, 5.74) is 3.30. The lowest BCUT2D eigenvalue weighted by molar-refractivity contribution is 0.575. The third-order valence-corrected chi connectivity index (χ3v) is 5.25. The largest absolute Gasteiger partial charge is 0.192 e. The quantitative estimate of drug-likeness (QED) is 0.433. The minimum atomic E-state index is 0.841. The molecule has 0 aliphatic rings. The second kappa shape index (κ2) is 10.2. The summed E-state index contributed by atoms with van der Waals surface area (Å²) >= 11 is 1.76. The Hall–Kier alpha value is -1.59. The highest BCUT2D eigenvalue weighted by atomic mass is 32.1. The summed E-state index contributed by atoms with van der Waals surface area (Å²) in [5.74, 6) is 0. The smallest absolute Gasteiger partial charge is 0.0994 e. The molecule has 0 unspecified atom stereocenters. The first kappa shape index (κ1) is 17.8. The van der Waals surface area contributed by atoms with E-state index in [-0.39, 0.29) is 0 Å². The van der Waals surface area contributed by atoms with Crippen LogP contribution in [0.15, 0.2) is 35.7 Å². The number of nitriles is 1. The summed E-state index contributed by atoms with van der Waals surface area (Å²) in [4.78, 5) is 1.28. The number of thiophene rings is 1. The van der Waals surface area contributed by atoms with E-state index in [1.165, 1.54) is 67.4 Å². The molecular weight excluding hydrogens is 298 g/mol. The van der Waals surface area contributed by atoms with Crippen LogP contribution in [-0.4, -0.2) is 0 Å². The molecule has 0 spiro atoms. The van der Waals surface area contributed by atoms with Crippen molar-refractivity contribution in [2.75, 3.05) is 0 Å². The van der Waals surface area contributed by atoms with Crippen LogP contribution >= 0.6 is 11.3 Å². The van der Waals surface area contributed by atoms with Gasteiger partial charge in [-0.2, -0.15) is 5.26 Å². The van der Waals surface area contributed by atoms with E-state index in [1.54, 1.807) is 11.3 Å². The number of hydrogen-bond acceptors (Lipinski definition) is 2. The van der Waals surface area contributed by atoms with Crippen molar-refractivity contribution in [1.82, 2.24) is 0 Å². The average molecular weight is 326 g/mol. The number of rotatable bonds is 10. The minimum Gasteiger partial charge on any atom is -0.192 e. The van der Waals surface area contributed by atoms with E-state index < -0.39 is 0 Å². The van der Waals surface area contributed by atoms with Gasteiger partial charge in [-0.05, 0) is 47.5 Å². The predicted octanol–water partition coefficient (Wildman–Crippen LogP) is 6.97. The maximum Gasteiger partial charge on any atom is 0.0994 e. The molecule has 23 heavy (non-hydrogen) atoms. The third-order valence-electron chi connectivity index (χ3n) is 4.33. The molecule has 1 heterocycles. The maximum atomic E-state index is 9.32. The van der Waals surface area contributed by atoms with E-state index in [9.17, 15) is 5.26 Å². The van der Waals surface area contributed by atoms with Gasteiger partial charge in [0.25, 0.3) is 0 Å². The van der Waals surface area contributed by atoms with Gasteiger partial charge >= 0.3 is 0 Å². The summed E-state index contributed by atoms with van der Waals surface area (Å²) in [6.45, 7) is 2.26. The molecule has 0 radical (unpaired) electrons. The molecule has 0 bridgehead atoms. The van der Waals surface area contributed by atoms with Gasteiger partial charge in [-0.15, -0.1) is 11.3 Å². The molecule has 0 fully saturated rings. The number of hydrogen-bond donors (Lipinski definition) is 0. The molecule has 2 heteroatoms. The van der Waals surface area contributed by atoms with Crippen molar-refractivity contribution in [3.63, 3.8) is 0 Å². The summed E-state index contributed by atoms with van der Waals surface area (Å²) in [6.07, 6.45) is 11.6. The number of aryl methyl sites for hydroxylation is 1. The van der Waals surface area contributed by atoms with E-state index in [1.807, 2.05) is 6.07 Å². The SMILES string of the molecule is CCCCCCCCCCc1cc(-c2cccs2)ccc1C#N. The van der Waals surface area contributed by atoms with Gasteiger partial charge in [0.15, 0.2) is 0 Å². The average Bonchev–Trinajstić information content (AvgIpc) is 3.11. The molecule has 0 amide bonds. The summed E-state index contributed by atoms with van der Waals surface area (Å²) < 4.78 is 0. The predicted molar refractivity (Wildman–Crippen MR) is 101 cm³/mol. The van der Waals surface area contributed by atoms with Crippen LogP contribution in [0.1, 0.15) is 69.4 Å². The molecule has 0 atom stereocenters. The Morgan fingerprint density at radius 2 is 1.70 bits per heavy atom. The van der Waals surface area contributed by atoms with Gasteiger partial charge in [0.1, 0.15) is 0 Å². The van der Waals surface area contributed by atoms with E-state index >= 15 is 0 Å². The van der Waals surface area contributed by atoms with Gasteiger partial charge in [-0.1, -0.05) is 64.0 Å². The Morgan fingerprint density at radius 1 is 0.957 bits per heavy atom. The van der Waals surface area contributed by atoms with Gasteiger partial charge in [-0.3, -0.25) is 0 Å². The van der Waals surface area contributed by atoms with Gasteiger partial charge < -0.3 is 0 Å². The lowest BCUT2D eigenvalue weighted by atomic mass is 9.98. The third kappa shape index (κ3) is 5.84. The molecular formula is C21H27NS. The van der Waals surface area contributed by atoms with Crippen LogP contribution in [0.4, 0.5) is 0 Å². The number of benzene rings is 1.